The molecule has 1 heterocycles. The number of amides is 2. The number of benzene rings is 2. The van der Waals surface area contributed by atoms with Crippen LogP contribution in [-0.4, -0.2) is 11.8 Å². The highest BCUT2D eigenvalue weighted by molar-refractivity contribution is 9.10. The maximum absolute atomic E-state index is 12.8. The molecular weight excluding hydrogens is 366 g/mol. The molecule has 1 fully saturated rings. The first-order valence-electron chi connectivity index (χ1n) is 8.05. The molecule has 2 amide bonds. The number of hydrogen-bond donors (Lipinski definition) is 0. The van der Waals surface area contributed by atoms with Gasteiger partial charge in [-0.05, 0) is 66.4 Å². The van der Waals surface area contributed by atoms with Gasteiger partial charge in [0.25, 0.3) is 0 Å². The maximum atomic E-state index is 12.8. The fraction of sp³-hybridized carbons (Fsp3) is 0.300. The number of nitrogens with zero attached hydrogens (tertiary/aromatic N) is 1. The van der Waals surface area contributed by atoms with E-state index in [9.17, 15) is 9.59 Å². The predicted octanol–water partition coefficient (Wildman–Crippen LogP) is 4.50. The van der Waals surface area contributed by atoms with Crippen LogP contribution < -0.4 is 4.90 Å². The molecule has 0 aliphatic carbocycles. The molecule has 0 spiro atoms. The van der Waals surface area contributed by atoms with Crippen molar-refractivity contribution in [1.82, 2.24) is 0 Å². The summed E-state index contributed by atoms with van der Waals surface area (Å²) in [6.07, 6.45) is 0.874. The Bertz CT molecular complexity index is 808. The van der Waals surface area contributed by atoms with E-state index in [4.69, 9.17) is 0 Å². The lowest BCUT2D eigenvalue weighted by Crippen LogP contribution is -2.31. The number of aryl methyl sites for hydroxylation is 3. The second kappa shape index (κ2) is 6.52. The summed E-state index contributed by atoms with van der Waals surface area (Å²) in [5.74, 6) is -0.519. The van der Waals surface area contributed by atoms with Gasteiger partial charge in [-0.2, -0.15) is 0 Å². The Labute approximate surface area is 150 Å². The van der Waals surface area contributed by atoms with Crippen molar-refractivity contribution in [3.05, 3.63) is 63.1 Å². The number of imide groups is 1. The number of halogens is 1. The van der Waals surface area contributed by atoms with Gasteiger partial charge in [-0.15, -0.1) is 0 Å². The van der Waals surface area contributed by atoms with Crippen LogP contribution in [-0.2, 0) is 16.0 Å². The third kappa shape index (κ3) is 3.29. The van der Waals surface area contributed by atoms with Crippen molar-refractivity contribution in [3.63, 3.8) is 0 Å². The Morgan fingerprint density at radius 3 is 2.29 bits per heavy atom. The van der Waals surface area contributed by atoms with E-state index in [1.165, 1.54) is 16.0 Å². The lowest BCUT2D eigenvalue weighted by molar-refractivity contribution is -0.122. The molecule has 3 rings (SSSR count). The monoisotopic (exact) mass is 385 g/mol. The summed E-state index contributed by atoms with van der Waals surface area (Å²) in [6.45, 7) is 6.08. The van der Waals surface area contributed by atoms with Crippen molar-refractivity contribution in [2.45, 2.75) is 33.6 Å². The van der Waals surface area contributed by atoms with Crippen molar-refractivity contribution in [2.75, 3.05) is 4.90 Å². The van der Waals surface area contributed by atoms with Crippen LogP contribution in [0.1, 0.15) is 28.7 Å². The van der Waals surface area contributed by atoms with E-state index in [1.54, 1.807) is 0 Å². The lowest BCUT2D eigenvalue weighted by atomic mass is 9.95. The molecule has 4 heteroatoms. The van der Waals surface area contributed by atoms with E-state index in [1.807, 2.05) is 39.0 Å². The topological polar surface area (TPSA) is 37.4 Å². The van der Waals surface area contributed by atoms with Crippen LogP contribution in [0, 0.1) is 26.7 Å². The highest BCUT2D eigenvalue weighted by atomic mass is 79.9. The number of carbonyl (C=O) groups excluding carboxylic acids is 2. The SMILES string of the molecule is Cc1cc(C)cc(CC2CC(=O)N(c3ccc(C)cc3Br)C2=O)c1. The molecule has 0 N–H and O–H groups in total. The molecule has 2 aromatic rings. The van der Waals surface area contributed by atoms with Crippen LogP contribution in [0.3, 0.4) is 0 Å². The third-order valence-electron chi connectivity index (χ3n) is 4.35. The zero-order valence-electron chi connectivity index (χ0n) is 14.1. The van der Waals surface area contributed by atoms with Gasteiger partial charge in [0.15, 0.2) is 0 Å². The van der Waals surface area contributed by atoms with Gasteiger partial charge in [0.2, 0.25) is 11.8 Å². The minimum atomic E-state index is -0.285. The summed E-state index contributed by atoms with van der Waals surface area (Å²) in [5, 5.41) is 0. The number of rotatable bonds is 3. The van der Waals surface area contributed by atoms with Crippen molar-refractivity contribution in [3.8, 4) is 0 Å². The highest BCUT2D eigenvalue weighted by Crippen LogP contribution is 2.34. The molecule has 0 saturated carbocycles. The smallest absolute Gasteiger partial charge is 0.237 e. The summed E-state index contributed by atoms with van der Waals surface area (Å²) >= 11 is 3.47. The van der Waals surface area contributed by atoms with E-state index in [2.05, 4.69) is 34.1 Å². The zero-order valence-corrected chi connectivity index (χ0v) is 15.7. The summed E-state index contributed by atoms with van der Waals surface area (Å²) in [6, 6.07) is 12.0. The number of hydrogen-bond acceptors (Lipinski definition) is 2. The summed E-state index contributed by atoms with van der Waals surface area (Å²) < 4.78 is 0.774. The van der Waals surface area contributed by atoms with Crippen LogP contribution in [0.5, 0.6) is 0 Å². The van der Waals surface area contributed by atoms with Gasteiger partial charge in [-0.25, -0.2) is 4.90 Å². The van der Waals surface area contributed by atoms with Gasteiger partial charge in [0.05, 0.1) is 11.6 Å². The summed E-state index contributed by atoms with van der Waals surface area (Å²) in [5.41, 5.74) is 5.19. The largest absolute Gasteiger partial charge is 0.274 e. The average molecular weight is 386 g/mol. The van der Waals surface area contributed by atoms with E-state index < -0.39 is 0 Å². The quantitative estimate of drug-likeness (QED) is 0.729. The molecular formula is C20H20BrNO2. The Morgan fingerprint density at radius 2 is 1.67 bits per heavy atom. The van der Waals surface area contributed by atoms with Crippen LogP contribution in [0.4, 0.5) is 5.69 Å². The molecule has 1 aliphatic heterocycles. The van der Waals surface area contributed by atoms with Gasteiger partial charge in [-0.1, -0.05) is 35.4 Å². The van der Waals surface area contributed by atoms with Gasteiger partial charge < -0.3 is 0 Å². The van der Waals surface area contributed by atoms with Gasteiger partial charge in [-0.3, -0.25) is 9.59 Å². The molecule has 0 aromatic heterocycles. The Morgan fingerprint density at radius 1 is 1.00 bits per heavy atom. The van der Waals surface area contributed by atoms with E-state index in [-0.39, 0.29) is 24.2 Å². The first-order chi connectivity index (χ1) is 11.3. The average Bonchev–Trinajstić information content (AvgIpc) is 2.73. The molecule has 1 unspecified atom stereocenters. The first-order valence-corrected chi connectivity index (χ1v) is 8.84. The molecule has 0 bridgehead atoms. The van der Waals surface area contributed by atoms with Gasteiger partial charge in [0, 0.05) is 10.9 Å². The maximum Gasteiger partial charge on any atom is 0.237 e. The fourth-order valence-corrected chi connectivity index (χ4v) is 4.04. The second-order valence-corrected chi connectivity index (χ2v) is 7.48. The van der Waals surface area contributed by atoms with Crippen molar-refractivity contribution < 1.29 is 9.59 Å². The molecule has 124 valence electrons. The normalized spacial score (nSPS) is 17.7. The van der Waals surface area contributed by atoms with Crippen LogP contribution in [0.15, 0.2) is 40.9 Å². The van der Waals surface area contributed by atoms with Crippen LogP contribution in [0.25, 0.3) is 0 Å². The van der Waals surface area contributed by atoms with Crippen molar-refractivity contribution in [1.29, 1.82) is 0 Å². The Balaban J connectivity index is 1.86. The highest BCUT2D eigenvalue weighted by Gasteiger charge is 2.40. The third-order valence-corrected chi connectivity index (χ3v) is 4.98. The van der Waals surface area contributed by atoms with Gasteiger partial charge >= 0.3 is 0 Å². The molecule has 2 aromatic carbocycles. The lowest BCUT2D eigenvalue weighted by Gasteiger charge is -2.17. The molecule has 0 radical (unpaired) electrons. The molecule has 24 heavy (non-hydrogen) atoms. The summed E-state index contributed by atoms with van der Waals surface area (Å²) in [7, 11) is 0. The zero-order chi connectivity index (χ0) is 17.4. The first kappa shape index (κ1) is 16.9. The minimum Gasteiger partial charge on any atom is -0.274 e. The standard InChI is InChI=1S/C20H20BrNO2/c1-12-4-5-18(17(21)9-12)22-19(23)11-16(20(22)24)10-15-7-13(2)6-14(3)8-15/h4-9,16H,10-11H2,1-3H3. The molecule has 3 nitrogen and oxygen atoms in total. The fourth-order valence-electron chi connectivity index (χ4n) is 3.37. The van der Waals surface area contributed by atoms with E-state index >= 15 is 0 Å². The molecule has 1 aliphatic rings. The molecule has 1 atom stereocenters. The predicted molar refractivity (Wildman–Crippen MR) is 99.1 cm³/mol. The number of carbonyl (C=O) groups is 2. The van der Waals surface area contributed by atoms with Crippen LogP contribution >= 0.6 is 15.9 Å². The Hall–Kier alpha value is -1.94. The van der Waals surface area contributed by atoms with Crippen molar-refractivity contribution in [2.24, 2.45) is 5.92 Å². The molecule has 1 saturated heterocycles. The summed E-state index contributed by atoms with van der Waals surface area (Å²) in [4.78, 5) is 26.6. The Kier molecular flexibility index (Phi) is 4.59. The van der Waals surface area contributed by atoms with Crippen LogP contribution in [0.2, 0.25) is 0 Å². The van der Waals surface area contributed by atoms with E-state index in [0.717, 1.165) is 15.6 Å². The van der Waals surface area contributed by atoms with Crippen molar-refractivity contribution >= 4 is 33.4 Å². The number of anilines is 1. The minimum absolute atomic E-state index is 0.108. The van der Waals surface area contributed by atoms with E-state index in [0.29, 0.717) is 12.1 Å². The van der Waals surface area contributed by atoms with Gasteiger partial charge in [0.1, 0.15) is 0 Å². The second-order valence-electron chi connectivity index (χ2n) is 6.62.